The van der Waals surface area contributed by atoms with Crippen LogP contribution in [0.25, 0.3) is 5.82 Å². The lowest BCUT2D eigenvalue weighted by Crippen LogP contribution is -2.37. The molecule has 0 N–H and O–H groups in total. The van der Waals surface area contributed by atoms with E-state index >= 15 is 0 Å². The van der Waals surface area contributed by atoms with Gasteiger partial charge in [-0.1, -0.05) is 0 Å². The zero-order valence-electron chi connectivity index (χ0n) is 15.0. The number of hydrogen-bond donors (Lipinski definition) is 0. The summed E-state index contributed by atoms with van der Waals surface area (Å²) in [7, 11) is 0. The second-order valence-corrected chi connectivity index (χ2v) is 7.23. The van der Waals surface area contributed by atoms with Crippen LogP contribution in [0.4, 0.5) is 5.82 Å². The lowest BCUT2D eigenvalue weighted by molar-refractivity contribution is 0.480. The predicted octanol–water partition coefficient (Wildman–Crippen LogP) is 1.77. The van der Waals surface area contributed by atoms with Crippen LogP contribution in [0, 0.1) is 0 Å². The minimum atomic E-state index is -0.0392. The molecule has 2 fully saturated rings. The van der Waals surface area contributed by atoms with Crippen LogP contribution in [-0.2, 0) is 6.54 Å². The smallest absolute Gasteiger partial charge is 0.266 e. The van der Waals surface area contributed by atoms with Crippen LogP contribution in [0.3, 0.4) is 0 Å². The summed E-state index contributed by atoms with van der Waals surface area (Å²) >= 11 is 0. The highest BCUT2D eigenvalue weighted by Gasteiger charge is 2.29. The highest BCUT2D eigenvalue weighted by Crippen LogP contribution is 2.38. The van der Waals surface area contributed by atoms with Crippen molar-refractivity contribution >= 4 is 5.82 Å². The van der Waals surface area contributed by atoms with Gasteiger partial charge in [-0.3, -0.25) is 9.78 Å². The van der Waals surface area contributed by atoms with Gasteiger partial charge in [-0.05, 0) is 37.8 Å². The Bertz CT molecular complexity index is 993. The van der Waals surface area contributed by atoms with Crippen molar-refractivity contribution in [2.45, 2.75) is 44.2 Å². The fraction of sp³-hybridized carbons (Fsp3) is 0.421. The summed E-state index contributed by atoms with van der Waals surface area (Å²) in [6.45, 7) is 1.48. The van der Waals surface area contributed by atoms with Crippen molar-refractivity contribution in [2.24, 2.45) is 0 Å². The minimum Gasteiger partial charge on any atom is -0.350 e. The summed E-state index contributed by atoms with van der Waals surface area (Å²) in [6, 6.07) is 5.57. The van der Waals surface area contributed by atoms with Gasteiger partial charge in [0.1, 0.15) is 5.82 Å². The molecule has 1 aliphatic heterocycles. The lowest BCUT2D eigenvalue weighted by Gasteiger charge is -2.26. The van der Waals surface area contributed by atoms with Gasteiger partial charge in [0.25, 0.3) is 5.56 Å². The van der Waals surface area contributed by atoms with E-state index in [4.69, 9.17) is 4.98 Å². The average Bonchev–Trinajstić information content (AvgIpc) is 3.19. The number of hydrogen-bond acceptors (Lipinski definition) is 6. The Morgan fingerprint density at radius 1 is 1.11 bits per heavy atom. The third-order valence-corrected chi connectivity index (χ3v) is 5.29. The summed E-state index contributed by atoms with van der Waals surface area (Å²) < 4.78 is 3.33. The van der Waals surface area contributed by atoms with Crippen LogP contribution >= 0.6 is 0 Å². The van der Waals surface area contributed by atoms with Crippen LogP contribution in [0.5, 0.6) is 0 Å². The van der Waals surface area contributed by atoms with E-state index in [0.717, 1.165) is 30.9 Å². The largest absolute Gasteiger partial charge is 0.350 e. The third-order valence-electron chi connectivity index (χ3n) is 5.29. The van der Waals surface area contributed by atoms with Crippen molar-refractivity contribution in [1.29, 1.82) is 0 Å². The van der Waals surface area contributed by atoms with Crippen molar-refractivity contribution in [1.82, 2.24) is 29.5 Å². The second-order valence-electron chi connectivity index (χ2n) is 7.23. The molecule has 1 saturated heterocycles. The van der Waals surface area contributed by atoms with E-state index in [1.807, 2.05) is 18.3 Å². The van der Waals surface area contributed by atoms with E-state index in [0.29, 0.717) is 18.3 Å². The number of aromatic nitrogens is 6. The first-order valence-electron chi connectivity index (χ1n) is 9.45. The Kier molecular flexibility index (Phi) is 3.95. The summed E-state index contributed by atoms with van der Waals surface area (Å²) in [5.74, 6) is 2.04. The van der Waals surface area contributed by atoms with E-state index in [9.17, 15) is 4.79 Å². The molecule has 2 aliphatic rings. The van der Waals surface area contributed by atoms with Gasteiger partial charge < -0.3 is 4.90 Å². The Labute approximate surface area is 156 Å². The molecule has 5 rings (SSSR count). The Balaban J connectivity index is 1.40. The molecule has 0 amide bonds. The molecule has 3 aromatic rings. The van der Waals surface area contributed by atoms with Gasteiger partial charge in [0.2, 0.25) is 0 Å². The Hall–Kier alpha value is -3.03. The molecule has 1 atom stereocenters. The molecule has 1 unspecified atom stereocenters. The van der Waals surface area contributed by atoms with Crippen LogP contribution in [0.2, 0.25) is 0 Å². The van der Waals surface area contributed by atoms with E-state index < -0.39 is 0 Å². The van der Waals surface area contributed by atoms with Crippen LogP contribution < -0.4 is 10.5 Å². The van der Waals surface area contributed by atoms with Crippen molar-refractivity contribution in [3.8, 4) is 5.82 Å². The van der Waals surface area contributed by atoms with Crippen molar-refractivity contribution in [3.05, 3.63) is 59.0 Å². The van der Waals surface area contributed by atoms with Crippen LogP contribution in [0.15, 0.2) is 47.8 Å². The normalized spacial score (nSPS) is 19.6. The monoisotopic (exact) mass is 363 g/mol. The van der Waals surface area contributed by atoms with Crippen LogP contribution in [0.1, 0.15) is 37.3 Å². The number of rotatable bonds is 5. The van der Waals surface area contributed by atoms with Gasteiger partial charge in [0.15, 0.2) is 5.82 Å². The molecule has 138 valence electrons. The first-order chi connectivity index (χ1) is 13.3. The fourth-order valence-electron chi connectivity index (χ4n) is 3.72. The molecule has 8 heteroatoms. The second kappa shape index (κ2) is 6.61. The molecule has 1 saturated carbocycles. The third kappa shape index (κ3) is 3.22. The summed E-state index contributed by atoms with van der Waals surface area (Å²) in [6.07, 6.45) is 11.5. The maximum absolute atomic E-state index is 12.3. The standard InChI is InChI=1S/C19H21N7O/c27-19-7-6-16(14-4-5-14)23-26(19)13-15-3-1-9-24(15)17-11-20-12-18(22-17)25-10-2-8-21-25/h2,6-8,10-12,14-15H,1,3-5,9,13H2. The molecule has 0 bridgehead atoms. The maximum atomic E-state index is 12.3. The Morgan fingerprint density at radius 2 is 2.00 bits per heavy atom. The number of nitrogens with zero attached hydrogens (tertiary/aromatic N) is 7. The van der Waals surface area contributed by atoms with E-state index in [-0.39, 0.29) is 11.6 Å². The van der Waals surface area contributed by atoms with E-state index in [1.165, 1.54) is 12.8 Å². The quantitative estimate of drug-likeness (QED) is 0.687. The molecule has 27 heavy (non-hydrogen) atoms. The van der Waals surface area contributed by atoms with Gasteiger partial charge >= 0.3 is 0 Å². The zero-order valence-corrected chi connectivity index (χ0v) is 15.0. The van der Waals surface area contributed by atoms with Crippen molar-refractivity contribution in [2.75, 3.05) is 11.4 Å². The summed E-state index contributed by atoms with van der Waals surface area (Å²) in [5.41, 5.74) is 1.00. The first kappa shape index (κ1) is 16.2. The molecular formula is C19H21N7O. The predicted molar refractivity (Wildman–Crippen MR) is 100.0 cm³/mol. The zero-order chi connectivity index (χ0) is 18.2. The molecule has 0 aromatic carbocycles. The average molecular weight is 363 g/mol. The molecule has 1 aliphatic carbocycles. The van der Waals surface area contributed by atoms with Gasteiger partial charge in [-0.2, -0.15) is 10.2 Å². The minimum absolute atomic E-state index is 0.0392. The maximum Gasteiger partial charge on any atom is 0.266 e. The molecular weight excluding hydrogens is 342 g/mol. The first-order valence-corrected chi connectivity index (χ1v) is 9.45. The van der Waals surface area contributed by atoms with Gasteiger partial charge in [0, 0.05) is 30.9 Å². The SMILES string of the molecule is O=c1ccc(C2CC2)nn1CC1CCCN1c1cncc(-n2cccn2)n1. The highest BCUT2D eigenvalue weighted by molar-refractivity contribution is 5.41. The fourth-order valence-corrected chi connectivity index (χ4v) is 3.72. The number of anilines is 1. The van der Waals surface area contributed by atoms with Crippen LogP contribution in [-0.4, -0.2) is 42.1 Å². The Morgan fingerprint density at radius 3 is 2.81 bits per heavy atom. The summed E-state index contributed by atoms with van der Waals surface area (Å²) in [4.78, 5) is 23.6. The van der Waals surface area contributed by atoms with E-state index in [1.54, 1.807) is 34.0 Å². The van der Waals surface area contributed by atoms with Crippen molar-refractivity contribution < 1.29 is 0 Å². The topological polar surface area (TPSA) is 81.7 Å². The van der Waals surface area contributed by atoms with E-state index in [2.05, 4.69) is 20.1 Å². The lowest BCUT2D eigenvalue weighted by atomic mass is 10.2. The highest BCUT2D eigenvalue weighted by atomic mass is 16.1. The molecule has 3 aromatic heterocycles. The van der Waals surface area contributed by atoms with Gasteiger partial charge in [-0.15, -0.1) is 0 Å². The van der Waals surface area contributed by atoms with Gasteiger partial charge in [-0.25, -0.2) is 14.3 Å². The molecule has 0 radical (unpaired) electrons. The molecule has 4 heterocycles. The summed E-state index contributed by atoms with van der Waals surface area (Å²) in [5, 5.41) is 8.84. The van der Waals surface area contributed by atoms with Crippen molar-refractivity contribution in [3.63, 3.8) is 0 Å². The molecule has 8 nitrogen and oxygen atoms in total. The molecule has 0 spiro atoms. The van der Waals surface area contributed by atoms with Gasteiger partial charge in [0.05, 0.1) is 30.7 Å².